The van der Waals surface area contributed by atoms with Crippen molar-refractivity contribution in [3.05, 3.63) is 73.2 Å². The number of amides is 1. The van der Waals surface area contributed by atoms with Crippen molar-refractivity contribution in [3.63, 3.8) is 0 Å². The van der Waals surface area contributed by atoms with Gasteiger partial charge in [0.2, 0.25) is 0 Å². The van der Waals surface area contributed by atoms with Crippen molar-refractivity contribution in [1.29, 1.82) is 0 Å². The summed E-state index contributed by atoms with van der Waals surface area (Å²) in [6.07, 6.45) is 1.54. The van der Waals surface area contributed by atoms with Gasteiger partial charge in [-0.15, -0.1) is 0 Å². The summed E-state index contributed by atoms with van der Waals surface area (Å²) in [6.45, 7) is 1.53. The summed E-state index contributed by atoms with van der Waals surface area (Å²) in [5, 5.41) is 4.34. The van der Waals surface area contributed by atoms with Gasteiger partial charge in [0.1, 0.15) is 12.4 Å². The molecule has 2 aromatic carbocycles. The maximum atomic E-state index is 12.7. The minimum atomic E-state index is -0.405. The number of carbonyl (C=O) groups is 1. The SMILES string of the molecule is Cc1nc2c(Br)cc(Br)cc2c(=O)n1CC(=O)N/N=C/c1ccccc1. The Morgan fingerprint density at radius 2 is 2.00 bits per heavy atom. The molecule has 3 aromatic rings. The number of hydrazone groups is 1. The minimum absolute atomic E-state index is 0.163. The summed E-state index contributed by atoms with van der Waals surface area (Å²) < 4.78 is 2.79. The van der Waals surface area contributed by atoms with Gasteiger partial charge in [-0.05, 0) is 40.5 Å². The molecule has 0 bridgehead atoms. The molecule has 0 fully saturated rings. The van der Waals surface area contributed by atoms with Gasteiger partial charge in [0, 0.05) is 8.95 Å². The number of fused-ring (bicyclic) bond motifs is 1. The number of rotatable bonds is 4. The molecule has 1 amide bonds. The van der Waals surface area contributed by atoms with Crippen LogP contribution in [0.25, 0.3) is 10.9 Å². The van der Waals surface area contributed by atoms with E-state index in [1.165, 1.54) is 4.57 Å². The first-order chi connectivity index (χ1) is 12.5. The highest BCUT2D eigenvalue weighted by Gasteiger charge is 2.13. The largest absolute Gasteiger partial charge is 0.287 e. The van der Waals surface area contributed by atoms with E-state index in [1.54, 1.807) is 19.2 Å². The van der Waals surface area contributed by atoms with Crippen molar-refractivity contribution in [2.75, 3.05) is 0 Å². The Bertz CT molecular complexity index is 1060. The van der Waals surface area contributed by atoms with E-state index in [0.29, 0.717) is 21.2 Å². The average Bonchev–Trinajstić information content (AvgIpc) is 2.61. The van der Waals surface area contributed by atoms with Crippen LogP contribution in [0.5, 0.6) is 0 Å². The van der Waals surface area contributed by atoms with Crippen molar-refractivity contribution in [2.24, 2.45) is 5.10 Å². The number of halogens is 2. The Balaban J connectivity index is 1.83. The molecule has 132 valence electrons. The molecule has 0 atom stereocenters. The first-order valence-corrected chi connectivity index (χ1v) is 9.27. The summed E-state index contributed by atoms with van der Waals surface area (Å²) in [4.78, 5) is 29.3. The molecule has 1 aromatic heterocycles. The number of nitrogens with zero attached hydrogens (tertiary/aromatic N) is 3. The van der Waals surface area contributed by atoms with Crippen LogP contribution in [0, 0.1) is 6.92 Å². The van der Waals surface area contributed by atoms with Crippen LogP contribution in [0.4, 0.5) is 0 Å². The van der Waals surface area contributed by atoms with Gasteiger partial charge in [-0.25, -0.2) is 10.4 Å². The molecule has 0 spiro atoms. The predicted octanol–water partition coefficient (Wildman–Crippen LogP) is 3.38. The molecule has 1 N–H and O–H groups in total. The fourth-order valence-corrected chi connectivity index (χ4v) is 3.75. The molecule has 0 aliphatic heterocycles. The monoisotopic (exact) mass is 476 g/mol. The van der Waals surface area contributed by atoms with Crippen LogP contribution < -0.4 is 11.0 Å². The van der Waals surface area contributed by atoms with E-state index in [1.807, 2.05) is 36.4 Å². The van der Waals surface area contributed by atoms with Crippen LogP contribution in [-0.2, 0) is 11.3 Å². The minimum Gasteiger partial charge on any atom is -0.287 e. The van der Waals surface area contributed by atoms with Crippen LogP contribution in [0.2, 0.25) is 0 Å². The molecular weight excluding hydrogens is 464 g/mol. The van der Waals surface area contributed by atoms with Crippen molar-refractivity contribution in [1.82, 2.24) is 15.0 Å². The second kappa shape index (κ2) is 7.92. The zero-order valence-corrected chi connectivity index (χ0v) is 16.9. The molecular formula is C18H14Br2N4O2. The van der Waals surface area contributed by atoms with E-state index in [4.69, 9.17) is 0 Å². The maximum absolute atomic E-state index is 12.7. The van der Waals surface area contributed by atoms with Crippen molar-refractivity contribution < 1.29 is 4.79 Å². The lowest BCUT2D eigenvalue weighted by atomic mass is 10.2. The zero-order chi connectivity index (χ0) is 18.7. The summed E-state index contributed by atoms with van der Waals surface area (Å²) >= 11 is 6.77. The van der Waals surface area contributed by atoms with Crippen molar-refractivity contribution in [3.8, 4) is 0 Å². The molecule has 0 saturated carbocycles. The van der Waals surface area contributed by atoms with Crippen LogP contribution in [0.1, 0.15) is 11.4 Å². The van der Waals surface area contributed by atoms with Crippen LogP contribution in [0.3, 0.4) is 0 Å². The Morgan fingerprint density at radius 1 is 1.27 bits per heavy atom. The number of carbonyl (C=O) groups excluding carboxylic acids is 1. The smallest absolute Gasteiger partial charge is 0.261 e. The van der Waals surface area contributed by atoms with E-state index in [-0.39, 0.29) is 12.1 Å². The van der Waals surface area contributed by atoms with E-state index >= 15 is 0 Å². The van der Waals surface area contributed by atoms with E-state index in [2.05, 4.69) is 47.4 Å². The average molecular weight is 478 g/mol. The quantitative estimate of drug-likeness (QED) is 0.462. The summed E-state index contributed by atoms with van der Waals surface area (Å²) in [7, 11) is 0. The molecule has 0 unspecified atom stereocenters. The zero-order valence-electron chi connectivity index (χ0n) is 13.7. The van der Waals surface area contributed by atoms with Gasteiger partial charge in [0.15, 0.2) is 0 Å². The number of aryl methyl sites for hydroxylation is 1. The van der Waals surface area contributed by atoms with Gasteiger partial charge in [-0.3, -0.25) is 14.2 Å². The van der Waals surface area contributed by atoms with E-state index < -0.39 is 5.91 Å². The van der Waals surface area contributed by atoms with Gasteiger partial charge >= 0.3 is 0 Å². The van der Waals surface area contributed by atoms with Gasteiger partial charge < -0.3 is 0 Å². The third-order valence-electron chi connectivity index (χ3n) is 3.67. The van der Waals surface area contributed by atoms with Gasteiger partial charge in [0.25, 0.3) is 11.5 Å². The first-order valence-electron chi connectivity index (χ1n) is 7.69. The Hall–Kier alpha value is -2.32. The fourth-order valence-electron chi connectivity index (χ4n) is 2.44. The summed E-state index contributed by atoms with van der Waals surface area (Å²) in [6, 6.07) is 12.9. The van der Waals surface area contributed by atoms with Crippen LogP contribution in [-0.4, -0.2) is 21.7 Å². The fraction of sp³-hybridized carbons (Fsp3) is 0.111. The molecule has 0 radical (unpaired) electrons. The van der Waals surface area contributed by atoms with E-state index in [0.717, 1.165) is 10.0 Å². The van der Waals surface area contributed by atoms with Crippen molar-refractivity contribution in [2.45, 2.75) is 13.5 Å². The van der Waals surface area contributed by atoms with Gasteiger partial charge in [0.05, 0.1) is 17.1 Å². The first kappa shape index (κ1) is 18.5. The highest BCUT2D eigenvalue weighted by Crippen LogP contribution is 2.25. The van der Waals surface area contributed by atoms with Crippen LogP contribution >= 0.6 is 31.9 Å². The molecule has 0 aliphatic rings. The molecule has 0 saturated heterocycles. The van der Waals surface area contributed by atoms with E-state index in [9.17, 15) is 9.59 Å². The molecule has 1 heterocycles. The lowest BCUT2D eigenvalue weighted by Crippen LogP contribution is -2.32. The van der Waals surface area contributed by atoms with Gasteiger partial charge in [-0.2, -0.15) is 5.10 Å². The molecule has 3 rings (SSSR count). The lowest BCUT2D eigenvalue weighted by molar-refractivity contribution is -0.121. The highest BCUT2D eigenvalue weighted by molar-refractivity contribution is 9.11. The lowest BCUT2D eigenvalue weighted by Gasteiger charge is -2.11. The standard InChI is InChI=1S/C18H14Br2N4O2/c1-11-22-17-14(7-13(19)8-15(17)20)18(26)24(11)10-16(25)23-21-9-12-5-3-2-4-6-12/h2-9H,10H2,1H3,(H,23,25)/b21-9+. The number of hydrogen-bond donors (Lipinski definition) is 1. The topological polar surface area (TPSA) is 76.3 Å². The normalized spacial score (nSPS) is 11.2. The Kier molecular flexibility index (Phi) is 5.63. The molecule has 6 nitrogen and oxygen atoms in total. The molecule has 8 heteroatoms. The molecule has 0 aliphatic carbocycles. The Labute approximate surface area is 166 Å². The third kappa shape index (κ3) is 4.08. The Morgan fingerprint density at radius 3 is 2.73 bits per heavy atom. The number of benzene rings is 2. The predicted molar refractivity (Wildman–Crippen MR) is 108 cm³/mol. The third-order valence-corrected chi connectivity index (χ3v) is 4.73. The highest BCUT2D eigenvalue weighted by atomic mass is 79.9. The second-order valence-electron chi connectivity index (χ2n) is 5.54. The number of aromatic nitrogens is 2. The van der Waals surface area contributed by atoms with Gasteiger partial charge in [-0.1, -0.05) is 46.3 Å². The summed E-state index contributed by atoms with van der Waals surface area (Å²) in [5.41, 5.74) is 3.58. The van der Waals surface area contributed by atoms with Crippen LogP contribution in [0.15, 0.2) is 61.3 Å². The second-order valence-corrected chi connectivity index (χ2v) is 7.31. The number of hydrogen-bond acceptors (Lipinski definition) is 4. The van der Waals surface area contributed by atoms with Crippen molar-refractivity contribution >= 4 is 54.9 Å². The number of nitrogens with one attached hydrogen (secondary N) is 1. The maximum Gasteiger partial charge on any atom is 0.261 e. The molecule has 26 heavy (non-hydrogen) atoms. The summed E-state index contributed by atoms with van der Waals surface area (Å²) in [5.74, 6) is 0.0466.